The van der Waals surface area contributed by atoms with Gasteiger partial charge in [-0.2, -0.15) is 0 Å². The van der Waals surface area contributed by atoms with Crippen LogP contribution in [-0.4, -0.2) is 37.6 Å². The van der Waals surface area contributed by atoms with Crippen molar-refractivity contribution in [2.75, 3.05) is 26.0 Å². The minimum absolute atomic E-state index is 0.163. The maximum absolute atomic E-state index is 11.4. The highest BCUT2D eigenvalue weighted by Crippen LogP contribution is 2.34. The van der Waals surface area contributed by atoms with Gasteiger partial charge < -0.3 is 15.4 Å². The van der Waals surface area contributed by atoms with Crippen LogP contribution in [0, 0.1) is 12.3 Å². The topological polar surface area (TPSA) is 55.6 Å². The van der Waals surface area contributed by atoms with Crippen LogP contribution >= 0.6 is 0 Å². The smallest absolute Gasteiger partial charge is 0.210 e. The number of nitrogen functional groups attached to an aromatic ring is 1. The normalized spacial score (nSPS) is 17.2. The van der Waals surface area contributed by atoms with Crippen LogP contribution in [0.1, 0.15) is 58.1 Å². The van der Waals surface area contributed by atoms with Crippen LogP contribution in [0.25, 0.3) is 5.57 Å². The number of aryl methyl sites for hydroxylation is 1. The molecule has 0 saturated carbocycles. The lowest BCUT2D eigenvalue weighted by Crippen LogP contribution is -2.39. The highest BCUT2D eigenvalue weighted by Gasteiger charge is 2.27. The number of anilines is 1. The summed E-state index contributed by atoms with van der Waals surface area (Å²) in [6.07, 6.45) is 6.20. The second-order valence-electron chi connectivity index (χ2n) is 7.74. The monoisotopic (exact) mass is 360 g/mol. The molecule has 0 spiro atoms. The fraction of sp³-hybridized carbons (Fsp3) is 0.591. The number of benzene rings is 1. The van der Waals surface area contributed by atoms with Gasteiger partial charge in [0.1, 0.15) is 0 Å². The Morgan fingerprint density at radius 2 is 2.00 bits per heavy atom. The first-order valence-corrected chi connectivity index (χ1v) is 9.55. The molecule has 1 amide bonds. The number of nitrogens with zero attached hydrogens (tertiary/aromatic N) is 1. The van der Waals surface area contributed by atoms with Gasteiger partial charge in [-0.25, -0.2) is 0 Å². The third kappa shape index (κ3) is 6.49. The minimum atomic E-state index is 0.163. The first-order valence-electron chi connectivity index (χ1n) is 9.55. The Labute approximate surface area is 159 Å². The molecule has 0 saturated heterocycles. The number of ether oxygens (including phenoxy) is 1. The molecule has 4 heteroatoms. The van der Waals surface area contributed by atoms with Crippen LogP contribution in [0.3, 0.4) is 0 Å². The van der Waals surface area contributed by atoms with E-state index in [1.165, 1.54) is 11.1 Å². The zero-order valence-electron chi connectivity index (χ0n) is 17.3. The van der Waals surface area contributed by atoms with Gasteiger partial charge in [-0.15, -0.1) is 0 Å². The van der Waals surface area contributed by atoms with E-state index in [0.29, 0.717) is 0 Å². The van der Waals surface area contributed by atoms with Crippen molar-refractivity contribution in [1.82, 2.24) is 4.90 Å². The van der Waals surface area contributed by atoms with Gasteiger partial charge in [0.2, 0.25) is 6.41 Å². The summed E-state index contributed by atoms with van der Waals surface area (Å²) < 4.78 is 4.54. The maximum atomic E-state index is 11.4. The predicted octanol–water partition coefficient (Wildman–Crippen LogP) is 4.67. The Morgan fingerprint density at radius 1 is 1.35 bits per heavy atom. The fourth-order valence-electron chi connectivity index (χ4n) is 3.02. The van der Waals surface area contributed by atoms with Gasteiger partial charge >= 0.3 is 0 Å². The molecule has 1 aromatic carbocycles. The molecule has 1 aliphatic rings. The Hall–Kier alpha value is -1.81. The highest BCUT2D eigenvalue weighted by atomic mass is 16.5. The summed E-state index contributed by atoms with van der Waals surface area (Å²) in [5, 5.41) is 0. The average Bonchev–Trinajstić information content (AvgIpc) is 2.63. The van der Waals surface area contributed by atoms with E-state index in [2.05, 4.69) is 44.6 Å². The van der Waals surface area contributed by atoms with E-state index >= 15 is 0 Å². The third-order valence-corrected chi connectivity index (χ3v) is 5.16. The summed E-state index contributed by atoms with van der Waals surface area (Å²) in [5.74, 6) is 0. The van der Waals surface area contributed by atoms with Crippen molar-refractivity contribution in [2.45, 2.75) is 59.9 Å². The van der Waals surface area contributed by atoms with Crippen LogP contribution in [0.4, 0.5) is 5.69 Å². The Bertz CT molecular complexity index is 606. The summed E-state index contributed by atoms with van der Waals surface area (Å²) >= 11 is 0. The zero-order chi connectivity index (χ0) is 19.7. The first-order chi connectivity index (χ1) is 12.3. The summed E-state index contributed by atoms with van der Waals surface area (Å²) in [6, 6.07) is 6.33. The zero-order valence-corrected chi connectivity index (χ0v) is 17.3. The number of amides is 1. The number of methoxy groups -OCH3 is 1. The van der Waals surface area contributed by atoms with Crippen molar-refractivity contribution >= 4 is 17.7 Å². The van der Waals surface area contributed by atoms with Gasteiger partial charge in [0, 0.05) is 31.5 Å². The Balaban J connectivity index is 0.000000765. The second-order valence-corrected chi connectivity index (χ2v) is 7.74. The Kier molecular flexibility index (Phi) is 8.86. The van der Waals surface area contributed by atoms with Gasteiger partial charge in [0.25, 0.3) is 0 Å². The number of rotatable bonds is 6. The van der Waals surface area contributed by atoms with Crippen LogP contribution in [-0.2, 0) is 9.53 Å². The largest absolute Gasteiger partial charge is 0.398 e. The molecule has 26 heavy (non-hydrogen) atoms. The van der Waals surface area contributed by atoms with E-state index in [-0.39, 0.29) is 11.5 Å². The van der Waals surface area contributed by atoms with Gasteiger partial charge in [0.15, 0.2) is 0 Å². The van der Waals surface area contributed by atoms with Crippen molar-refractivity contribution in [2.24, 2.45) is 5.41 Å². The summed E-state index contributed by atoms with van der Waals surface area (Å²) in [6.45, 7) is 12.4. The molecule has 2 rings (SSSR count). The molecular formula is C22H36N2O2. The molecule has 0 fully saturated rings. The number of hydrogen-bond acceptors (Lipinski definition) is 3. The molecule has 0 aromatic heterocycles. The van der Waals surface area contributed by atoms with Crippen molar-refractivity contribution in [3.63, 3.8) is 0 Å². The first kappa shape index (κ1) is 22.2. The quantitative estimate of drug-likeness (QED) is 0.592. The molecular weight excluding hydrogens is 324 g/mol. The average molecular weight is 361 g/mol. The predicted molar refractivity (Wildman–Crippen MR) is 111 cm³/mol. The molecule has 1 aliphatic heterocycles. The Morgan fingerprint density at radius 3 is 2.54 bits per heavy atom. The number of carbonyl (C=O) groups is 1. The molecule has 1 heterocycles. The van der Waals surface area contributed by atoms with Crippen molar-refractivity contribution in [1.29, 1.82) is 0 Å². The minimum Gasteiger partial charge on any atom is -0.398 e. The van der Waals surface area contributed by atoms with E-state index < -0.39 is 0 Å². The lowest BCUT2D eigenvalue weighted by atomic mass is 9.81. The summed E-state index contributed by atoms with van der Waals surface area (Å²) in [4.78, 5) is 13.3. The van der Waals surface area contributed by atoms with E-state index in [4.69, 9.17) is 5.73 Å². The van der Waals surface area contributed by atoms with Crippen LogP contribution in [0.15, 0.2) is 24.3 Å². The number of hydrogen-bond donors (Lipinski definition) is 1. The van der Waals surface area contributed by atoms with Gasteiger partial charge in [-0.3, -0.25) is 4.79 Å². The van der Waals surface area contributed by atoms with Crippen molar-refractivity contribution < 1.29 is 9.53 Å². The fourth-order valence-corrected chi connectivity index (χ4v) is 3.02. The van der Waals surface area contributed by atoms with Crippen molar-refractivity contribution in [3.05, 3.63) is 35.4 Å². The molecule has 1 aromatic rings. The number of nitrogens with two attached hydrogens (primary N) is 1. The third-order valence-electron chi connectivity index (χ3n) is 5.16. The van der Waals surface area contributed by atoms with Crippen LogP contribution in [0.5, 0.6) is 0 Å². The second kappa shape index (κ2) is 10.4. The molecule has 2 N–H and O–H groups in total. The standard InChI is InChI=1S/C19H28N2O.C3H8O/c1-5-19(3,4)12-16-11-15(8-9-21(16)13-22)17-10-14(2)6-7-18(17)20;1-3-4-2/h6-7,10-11,13,16H,5,8-9,12,20H2,1-4H3;3H2,1-2H3. The van der Waals surface area contributed by atoms with Crippen LogP contribution in [0.2, 0.25) is 0 Å². The molecule has 4 nitrogen and oxygen atoms in total. The molecule has 146 valence electrons. The molecule has 0 radical (unpaired) electrons. The molecule has 1 atom stereocenters. The summed E-state index contributed by atoms with van der Waals surface area (Å²) in [7, 11) is 1.68. The van der Waals surface area contributed by atoms with E-state index in [0.717, 1.165) is 50.1 Å². The number of carbonyl (C=O) groups excluding carboxylic acids is 1. The maximum Gasteiger partial charge on any atom is 0.210 e. The van der Waals surface area contributed by atoms with Crippen molar-refractivity contribution in [3.8, 4) is 0 Å². The van der Waals surface area contributed by atoms with Gasteiger partial charge in [-0.05, 0) is 49.8 Å². The molecule has 0 aliphatic carbocycles. The molecule has 0 bridgehead atoms. The SMILES string of the molecule is CCC(C)(C)CC1C=C(c2cc(C)ccc2N)CCN1C=O.CCOC. The van der Waals surface area contributed by atoms with Crippen LogP contribution < -0.4 is 5.73 Å². The van der Waals surface area contributed by atoms with Gasteiger partial charge in [0.05, 0.1) is 6.04 Å². The van der Waals surface area contributed by atoms with E-state index in [1.54, 1.807) is 7.11 Å². The van der Waals surface area contributed by atoms with Gasteiger partial charge in [-0.1, -0.05) is 44.9 Å². The molecule has 1 unspecified atom stereocenters. The lowest BCUT2D eigenvalue weighted by Gasteiger charge is -2.36. The van der Waals surface area contributed by atoms with E-state index in [9.17, 15) is 4.79 Å². The highest BCUT2D eigenvalue weighted by molar-refractivity contribution is 5.77. The summed E-state index contributed by atoms with van der Waals surface area (Å²) in [5.41, 5.74) is 10.8. The van der Waals surface area contributed by atoms with E-state index in [1.807, 2.05) is 24.0 Å². The lowest BCUT2D eigenvalue weighted by molar-refractivity contribution is -0.120.